The Kier molecular flexibility index (Phi) is 3.79. The molecule has 0 aliphatic rings. The second kappa shape index (κ2) is 5.32. The lowest BCUT2D eigenvalue weighted by atomic mass is 9.98. The maximum Gasteiger partial charge on any atom is 0.303 e. The summed E-state index contributed by atoms with van der Waals surface area (Å²) in [5.74, 6) is -0.459. The molecule has 17 heavy (non-hydrogen) atoms. The van der Waals surface area contributed by atoms with Crippen molar-refractivity contribution >= 4 is 27.4 Å². The number of fused-ring (bicyclic) bond motifs is 1. The third kappa shape index (κ3) is 3.07. The molecule has 1 heterocycles. The van der Waals surface area contributed by atoms with Crippen LogP contribution < -0.4 is 0 Å². The number of hydrogen-bond acceptors (Lipinski definition) is 2. The van der Waals surface area contributed by atoms with Crippen molar-refractivity contribution in [2.45, 2.75) is 26.2 Å². The summed E-state index contributed by atoms with van der Waals surface area (Å²) in [6, 6.07) is 8.38. The Labute approximate surface area is 105 Å². The van der Waals surface area contributed by atoms with Crippen molar-refractivity contribution in [1.29, 1.82) is 0 Å². The van der Waals surface area contributed by atoms with Crippen LogP contribution in [0.25, 0.3) is 10.1 Å². The second-order valence-electron chi connectivity index (χ2n) is 4.50. The van der Waals surface area contributed by atoms with E-state index in [0.29, 0.717) is 0 Å². The highest BCUT2D eigenvalue weighted by Gasteiger charge is 2.09. The average molecular weight is 248 g/mol. The molecule has 1 atom stereocenters. The van der Waals surface area contributed by atoms with E-state index in [0.717, 1.165) is 12.8 Å². The molecule has 3 heteroatoms. The highest BCUT2D eigenvalue weighted by Crippen LogP contribution is 2.27. The molecule has 0 amide bonds. The fourth-order valence-electron chi connectivity index (χ4n) is 2.03. The molecule has 0 aliphatic heterocycles. The lowest BCUT2D eigenvalue weighted by Crippen LogP contribution is -2.05. The SMILES string of the molecule is CC(CCc1csc2ccccc12)CC(=O)O. The number of hydrogen-bond donors (Lipinski definition) is 1. The van der Waals surface area contributed by atoms with E-state index in [4.69, 9.17) is 5.11 Å². The zero-order chi connectivity index (χ0) is 12.3. The first kappa shape index (κ1) is 12.1. The minimum Gasteiger partial charge on any atom is -0.481 e. The normalized spacial score (nSPS) is 12.8. The van der Waals surface area contributed by atoms with E-state index < -0.39 is 5.97 Å². The van der Waals surface area contributed by atoms with E-state index in [9.17, 15) is 4.79 Å². The molecule has 1 aromatic heterocycles. The van der Waals surface area contributed by atoms with Gasteiger partial charge in [0.1, 0.15) is 0 Å². The van der Waals surface area contributed by atoms with Crippen LogP contribution in [0.15, 0.2) is 29.6 Å². The van der Waals surface area contributed by atoms with Gasteiger partial charge in [-0.2, -0.15) is 0 Å². The van der Waals surface area contributed by atoms with Crippen molar-refractivity contribution < 1.29 is 9.90 Å². The van der Waals surface area contributed by atoms with Gasteiger partial charge in [-0.3, -0.25) is 4.79 Å². The number of aliphatic carboxylic acids is 1. The van der Waals surface area contributed by atoms with E-state index in [2.05, 4.69) is 29.6 Å². The summed E-state index contributed by atoms with van der Waals surface area (Å²) < 4.78 is 1.31. The van der Waals surface area contributed by atoms with Crippen molar-refractivity contribution in [3.05, 3.63) is 35.2 Å². The minimum atomic E-state index is -0.701. The Morgan fingerprint density at radius 3 is 2.94 bits per heavy atom. The number of carbonyl (C=O) groups is 1. The van der Waals surface area contributed by atoms with Gasteiger partial charge in [0.05, 0.1) is 0 Å². The fraction of sp³-hybridized carbons (Fsp3) is 0.357. The van der Waals surface area contributed by atoms with Crippen LogP contribution in [-0.2, 0) is 11.2 Å². The van der Waals surface area contributed by atoms with Gasteiger partial charge in [-0.1, -0.05) is 25.1 Å². The van der Waals surface area contributed by atoms with Gasteiger partial charge in [0.2, 0.25) is 0 Å². The lowest BCUT2D eigenvalue weighted by molar-refractivity contribution is -0.138. The van der Waals surface area contributed by atoms with Crippen molar-refractivity contribution in [3.8, 4) is 0 Å². The molecule has 0 saturated heterocycles. The van der Waals surface area contributed by atoms with Gasteiger partial charge in [0.15, 0.2) is 0 Å². The first-order chi connectivity index (χ1) is 8.16. The number of carboxylic acids is 1. The van der Waals surface area contributed by atoms with E-state index in [1.54, 1.807) is 11.3 Å². The van der Waals surface area contributed by atoms with Crippen molar-refractivity contribution in [2.75, 3.05) is 0 Å². The van der Waals surface area contributed by atoms with Crippen molar-refractivity contribution in [3.63, 3.8) is 0 Å². The Morgan fingerprint density at radius 1 is 1.41 bits per heavy atom. The summed E-state index contributed by atoms with van der Waals surface area (Å²) in [6.07, 6.45) is 2.17. The van der Waals surface area contributed by atoms with Gasteiger partial charge >= 0.3 is 5.97 Å². The van der Waals surface area contributed by atoms with Gasteiger partial charge in [0, 0.05) is 11.1 Å². The van der Waals surface area contributed by atoms with Crippen LogP contribution in [-0.4, -0.2) is 11.1 Å². The average Bonchev–Trinajstić information content (AvgIpc) is 2.69. The predicted molar refractivity (Wildman–Crippen MR) is 71.6 cm³/mol. The summed E-state index contributed by atoms with van der Waals surface area (Å²) in [6.45, 7) is 2.00. The largest absolute Gasteiger partial charge is 0.481 e. The third-order valence-electron chi connectivity index (χ3n) is 2.99. The van der Waals surface area contributed by atoms with Gasteiger partial charge in [-0.25, -0.2) is 0 Å². The Morgan fingerprint density at radius 2 is 2.18 bits per heavy atom. The molecule has 0 spiro atoms. The second-order valence-corrected chi connectivity index (χ2v) is 5.41. The van der Waals surface area contributed by atoms with Crippen LogP contribution in [0.2, 0.25) is 0 Å². The highest BCUT2D eigenvalue weighted by molar-refractivity contribution is 7.17. The van der Waals surface area contributed by atoms with Crippen LogP contribution in [0, 0.1) is 5.92 Å². The monoisotopic (exact) mass is 248 g/mol. The van der Waals surface area contributed by atoms with Crippen molar-refractivity contribution in [1.82, 2.24) is 0 Å². The number of aryl methyl sites for hydroxylation is 1. The summed E-state index contributed by atoms with van der Waals surface area (Å²) in [4.78, 5) is 10.6. The van der Waals surface area contributed by atoms with Gasteiger partial charge in [-0.15, -0.1) is 11.3 Å². The molecule has 2 rings (SSSR count). The molecule has 2 aromatic rings. The first-order valence-electron chi connectivity index (χ1n) is 5.83. The zero-order valence-electron chi connectivity index (χ0n) is 9.85. The number of benzene rings is 1. The van der Waals surface area contributed by atoms with Crippen LogP contribution >= 0.6 is 11.3 Å². The molecular formula is C14H16O2S. The smallest absolute Gasteiger partial charge is 0.303 e. The lowest BCUT2D eigenvalue weighted by Gasteiger charge is -2.07. The predicted octanol–water partition coefficient (Wildman–Crippen LogP) is 3.94. The highest BCUT2D eigenvalue weighted by atomic mass is 32.1. The maximum absolute atomic E-state index is 10.6. The molecule has 1 unspecified atom stereocenters. The molecule has 1 aromatic carbocycles. The molecule has 90 valence electrons. The summed E-state index contributed by atoms with van der Waals surface area (Å²) in [5, 5.41) is 12.2. The van der Waals surface area contributed by atoms with Gasteiger partial charge in [0.25, 0.3) is 0 Å². The van der Waals surface area contributed by atoms with E-state index in [1.807, 2.05) is 6.92 Å². The van der Waals surface area contributed by atoms with E-state index >= 15 is 0 Å². The molecule has 0 saturated carbocycles. The van der Waals surface area contributed by atoms with Crippen LogP contribution in [0.4, 0.5) is 0 Å². The van der Waals surface area contributed by atoms with E-state index in [-0.39, 0.29) is 12.3 Å². The molecule has 0 aliphatic carbocycles. The van der Waals surface area contributed by atoms with Gasteiger partial charge < -0.3 is 5.11 Å². The van der Waals surface area contributed by atoms with Crippen LogP contribution in [0.5, 0.6) is 0 Å². The number of carboxylic acid groups (broad SMARTS) is 1. The Balaban J connectivity index is 2.02. The fourth-order valence-corrected chi connectivity index (χ4v) is 3.03. The molecule has 1 N–H and O–H groups in total. The van der Waals surface area contributed by atoms with Crippen LogP contribution in [0.1, 0.15) is 25.3 Å². The summed E-state index contributed by atoms with van der Waals surface area (Å²) in [7, 11) is 0. The quantitative estimate of drug-likeness (QED) is 0.870. The number of thiophene rings is 1. The molecule has 0 bridgehead atoms. The minimum absolute atomic E-state index is 0.242. The first-order valence-corrected chi connectivity index (χ1v) is 6.71. The molecule has 0 radical (unpaired) electrons. The van der Waals surface area contributed by atoms with E-state index in [1.165, 1.54) is 15.6 Å². The maximum atomic E-state index is 10.6. The molecular weight excluding hydrogens is 232 g/mol. The summed E-state index contributed by atoms with van der Waals surface area (Å²) >= 11 is 1.76. The van der Waals surface area contributed by atoms with Gasteiger partial charge in [-0.05, 0) is 41.2 Å². The van der Waals surface area contributed by atoms with Crippen LogP contribution in [0.3, 0.4) is 0 Å². The standard InChI is InChI=1S/C14H16O2S/c1-10(8-14(15)16)6-7-11-9-17-13-5-3-2-4-12(11)13/h2-5,9-10H,6-8H2,1H3,(H,15,16). The topological polar surface area (TPSA) is 37.3 Å². The van der Waals surface area contributed by atoms with Crippen molar-refractivity contribution in [2.24, 2.45) is 5.92 Å². The molecule has 2 nitrogen and oxygen atoms in total. The Hall–Kier alpha value is -1.35. The zero-order valence-corrected chi connectivity index (χ0v) is 10.7. The summed E-state index contributed by atoms with van der Waals surface area (Å²) in [5.41, 5.74) is 1.35. The number of rotatable bonds is 5. The third-order valence-corrected chi connectivity index (χ3v) is 4.00. The Bertz CT molecular complexity index is 516. The molecule has 0 fully saturated rings.